The average Bonchev–Trinajstić information content (AvgIpc) is 3.51. The number of nitrogens with zero attached hydrogens (tertiary/aromatic N) is 4. The molecule has 242 valence electrons. The Bertz CT molecular complexity index is 1710. The van der Waals surface area contributed by atoms with Gasteiger partial charge in [0.15, 0.2) is 0 Å². The van der Waals surface area contributed by atoms with Crippen molar-refractivity contribution in [1.82, 2.24) is 19.4 Å². The van der Waals surface area contributed by atoms with E-state index in [1.165, 1.54) is 11.7 Å². The summed E-state index contributed by atoms with van der Waals surface area (Å²) in [6.07, 6.45) is 2.50. The fourth-order valence-electron chi connectivity index (χ4n) is 5.70. The van der Waals surface area contributed by atoms with Crippen molar-refractivity contribution < 1.29 is 33.3 Å². The highest BCUT2D eigenvalue weighted by atomic mass is 16.6. The number of carbonyl (C=O) groups excluding carboxylic acids is 3. The van der Waals surface area contributed by atoms with Crippen molar-refractivity contribution in [2.24, 2.45) is 0 Å². The van der Waals surface area contributed by atoms with E-state index in [1.54, 1.807) is 30.5 Å². The highest BCUT2D eigenvalue weighted by Gasteiger charge is 2.33. The number of piperazine rings is 1. The Labute approximate surface area is 268 Å². The second-order valence-corrected chi connectivity index (χ2v) is 12.2. The lowest BCUT2D eigenvalue weighted by Gasteiger charge is -2.41. The molecule has 0 spiro atoms. The second kappa shape index (κ2) is 13.6. The third-order valence-corrected chi connectivity index (χ3v) is 7.92. The zero-order chi connectivity index (χ0) is 33.0. The number of amides is 1. The van der Waals surface area contributed by atoms with Crippen LogP contribution in [0.1, 0.15) is 59.6 Å². The van der Waals surface area contributed by atoms with E-state index in [0.717, 1.165) is 33.2 Å². The van der Waals surface area contributed by atoms with Crippen molar-refractivity contribution in [3.8, 4) is 5.75 Å². The molecule has 11 heteroatoms. The molecule has 0 aliphatic carbocycles. The van der Waals surface area contributed by atoms with Gasteiger partial charge in [-0.3, -0.25) is 9.47 Å². The van der Waals surface area contributed by atoms with Gasteiger partial charge in [-0.25, -0.2) is 19.4 Å². The predicted molar refractivity (Wildman–Crippen MR) is 172 cm³/mol. The van der Waals surface area contributed by atoms with Gasteiger partial charge in [0.1, 0.15) is 23.7 Å². The topological polar surface area (TPSA) is 112 Å². The van der Waals surface area contributed by atoms with Crippen LogP contribution >= 0.6 is 0 Å². The Morgan fingerprint density at radius 2 is 1.74 bits per heavy atom. The Kier molecular flexibility index (Phi) is 9.62. The first-order chi connectivity index (χ1) is 22.0. The van der Waals surface area contributed by atoms with Gasteiger partial charge >= 0.3 is 18.2 Å². The zero-order valence-electron chi connectivity index (χ0n) is 27.1. The number of fused-ring (bicyclic) bond motifs is 1. The molecule has 1 aliphatic rings. The first-order valence-electron chi connectivity index (χ1n) is 15.1. The van der Waals surface area contributed by atoms with Crippen LogP contribution in [0.25, 0.3) is 10.9 Å². The Morgan fingerprint density at radius 1 is 0.978 bits per heavy atom. The van der Waals surface area contributed by atoms with Crippen molar-refractivity contribution in [1.29, 1.82) is 0 Å². The highest BCUT2D eigenvalue weighted by Crippen LogP contribution is 2.36. The summed E-state index contributed by atoms with van der Waals surface area (Å²) in [7, 11) is 2.94. The lowest BCUT2D eigenvalue weighted by molar-refractivity contribution is 0.0432. The number of carbonyl (C=O) groups is 3. The van der Waals surface area contributed by atoms with Crippen LogP contribution in [0.15, 0.2) is 67.0 Å². The smallest absolute Gasteiger partial charge is 0.419 e. The van der Waals surface area contributed by atoms with Crippen molar-refractivity contribution in [2.75, 3.05) is 33.9 Å². The molecule has 4 aromatic rings. The quantitative estimate of drug-likeness (QED) is 0.177. The fourth-order valence-corrected chi connectivity index (χ4v) is 5.70. The van der Waals surface area contributed by atoms with Crippen LogP contribution in [0.4, 0.5) is 9.59 Å². The molecule has 5 rings (SSSR count). The Morgan fingerprint density at radius 3 is 2.39 bits per heavy atom. The van der Waals surface area contributed by atoms with Gasteiger partial charge in [-0.1, -0.05) is 36.4 Å². The van der Waals surface area contributed by atoms with E-state index in [-0.39, 0.29) is 18.3 Å². The first kappa shape index (κ1) is 32.5. The zero-order valence-corrected chi connectivity index (χ0v) is 27.1. The molecule has 46 heavy (non-hydrogen) atoms. The van der Waals surface area contributed by atoms with Crippen LogP contribution < -0.4 is 4.74 Å². The van der Waals surface area contributed by atoms with Crippen LogP contribution in [0.5, 0.6) is 5.75 Å². The number of benzene rings is 2. The van der Waals surface area contributed by atoms with Gasteiger partial charge in [0, 0.05) is 49.5 Å². The molecule has 0 saturated carbocycles. The summed E-state index contributed by atoms with van der Waals surface area (Å²) in [5.41, 5.74) is 3.78. The molecular weight excluding hydrogens is 588 g/mol. The van der Waals surface area contributed by atoms with E-state index in [2.05, 4.69) is 9.88 Å². The summed E-state index contributed by atoms with van der Waals surface area (Å²) >= 11 is 0. The van der Waals surface area contributed by atoms with Gasteiger partial charge in [-0.15, -0.1) is 0 Å². The maximum absolute atomic E-state index is 13.2. The molecule has 2 aromatic carbocycles. The molecule has 1 unspecified atom stereocenters. The SMILES string of the molecule is COC(=O)c1ccc(C2CN(C(=O)OCc3ccccc3)CCN2Cc2c(OC)cc(C)c3c2ccn3C(=O)OC(C)(C)C)cn1. The molecule has 3 heterocycles. The third-order valence-electron chi connectivity index (χ3n) is 7.92. The largest absolute Gasteiger partial charge is 0.496 e. The van der Waals surface area contributed by atoms with Crippen LogP contribution in [0, 0.1) is 6.92 Å². The predicted octanol–water partition coefficient (Wildman–Crippen LogP) is 6.12. The minimum absolute atomic E-state index is 0.174. The van der Waals surface area contributed by atoms with Gasteiger partial charge in [-0.05, 0) is 62.6 Å². The average molecular weight is 629 g/mol. The molecule has 0 radical (unpaired) electrons. The number of pyridine rings is 1. The Balaban J connectivity index is 1.47. The van der Waals surface area contributed by atoms with Crippen LogP contribution in [-0.4, -0.2) is 77.0 Å². The number of hydrogen-bond donors (Lipinski definition) is 0. The number of esters is 1. The van der Waals surface area contributed by atoms with E-state index in [9.17, 15) is 14.4 Å². The number of methoxy groups -OCH3 is 2. The normalized spacial score (nSPS) is 15.4. The summed E-state index contributed by atoms with van der Waals surface area (Å²) in [6.45, 7) is 9.37. The summed E-state index contributed by atoms with van der Waals surface area (Å²) in [5.74, 6) is 0.161. The maximum Gasteiger partial charge on any atom is 0.419 e. The molecule has 1 amide bonds. The van der Waals surface area contributed by atoms with E-state index in [1.807, 2.05) is 76.2 Å². The van der Waals surface area contributed by atoms with E-state index in [4.69, 9.17) is 18.9 Å². The minimum atomic E-state index is -0.649. The molecule has 2 aromatic heterocycles. The number of aromatic nitrogens is 2. The van der Waals surface area contributed by atoms with Crippen LogP contribution in [0.3, 0.4) is 0 Å². The highest BCUT2D eigenvalue weighted by molar-refractivity contribution is 5.95. The number of hydrogen-bond acceptors (Lipinski definition) is 9. The van der Waals surface area contributed by atoms with E-state index in [0.29, 0.717) is 31.9 Å². The lowest BCUT2D eigenvalue weighted by Crippen LogP contribution is -2.50. The summed E-state index contributed by atoms with van der Waals surface area (Å²) in [6, 6.07) is 16.5. The third kappa shape index (κ3) is 7.15. The van der Waals surface area contributed by atoms with Crippen molar-refractivity contribution in [2.45, 2.75) is 52.5 Å². The maximum atomic E-state index is 13.2. The molecule has 1 fully saturated rings. The van der Waals surface area contributed by atoms with Crippen molar-refractivity contribution in [3.63, 3.8) is 0 Å². The van der Waals surface area contributed by atoms with E-state index >= 15 is 0 Å². The van der Waals surface area contributed by atoms with E-state index < -0.39 is 23.8 Å². The van der Waals surface area contributed by atoms with Gasteiger partial charge in [-0.2, -0.15) is 0 Å². The van der Waals surface area contributed by atoms with Gasteiger partial charge < -0.3 is 23.8 Å². The molecule has 0 N–H and O–H groups in total. The first-order valence-corrected chi connectivity index (χ1v) is 15.1. The minimum Gasteiger partial charge on any atom is -0.496 e. The summed E-state index contributed by atoms with van der Waals surface area (Å²) in [5, 5.41) is 0.866. The Hall–Kier alpha value is -4.90. The number of ether oxygens (including phenoxy) is 4. The fraction of sp³-hybridized carbons (Fsp3) is 0.371. The molecule has 1 aliphatic heterocycles. The summed E-state index contributed by atoms with van der Waals surface area (Å²) < 4.78 is 23.6. The lowest BCUT2D eigenvalue weighted by atomic mass is 10.00. The molecule has 0 bridgehead atoms. The molecular formula is C35H40N4O7. The van der Waals surface area contributed by atoms with Crippen LogP contribution in [-0.2, 0) is 27.4 Å². The monoisotopic (exact) mass is 628 g/mol. The molecule has 1 saturated heterocycles. The summed E-state index contributed by atoms with van der Waals surface area (Å²) in [4.78, 5) is 46.7. The van der Waals surface area contributed by atoms with Crippen molar-refractivity contribution in [3.05, 3.63) is 94.9 Å². The van der Waals surface area contributed by atoms with Gasteiger partial charge in [0.05, 0.1) is 25.8 Å². The number of aryl methyl sites for hydroxylation is 1. The number of rotatable bonds is 7. The second-order valence-electron chi connectivity index (χ2n) is 12.2. The van der Waals surface area contributed by atoms with Crippen molar-refractivity contribution >= 4 is 29.1 Å². The molecule has 11 nitrogen and oxygen atoms in total. The van der Waals surface area contributed by atoms with Crippen LogP contribution in [0.2, 0.25) is 0 Å². The van der Waals surface area contributed by atoms with Gasteiger partial charge in [0.2, 0.25) is 0 Å². The standard InChI is InChI=1S/C35H40N4O7/c1-23-18-30(43-5)27(26-14-15-39(31(23)26)34(42)46-35(2,3)4)20-37-16-17-38(33(41)45-22-24-10-8-7-9-11-24)21-29(37)25-12-13-28(36-19-25)32(40)44-6/h7-15,18-19,29H,16-17,20-22H2,1-6H3. The van der Waals surface area contributed by atoms with Gasteiger partial charge in [0.25, 0.3) is 0 Å². The molecule has 1 atom stereocenters.